The molecule has 0 spiro atoms. The Morgan fingerprint density at radius 2 is 1.90 bits per heavy atom. The van der Waals surface area contributed by atoms with Gasteiger partial charge in [0, 0.05) is 26.3 Å². The summed E-state index contributed by atoms with van der Waals surface area (Å²) in [7, 11) is 0. The maximum absolute atomic E-state index is 12.3. The Labute approximate surface area is 120 Å². The Hall–Kier alpha value is -1.14. The molecule has 1 heterocycles. The van der Waals surface area contributed by atoms with Crippen LogP contribution < -0.4 is 11.1 Å². The van der Waals surface area contributed by atoms with Gasteiger partial charge in [-0.3, -0.25) is 9.59 Å². The number of ether oxygens (including phenoxy) is 2. The van der Waals surface area contributed by atoms with Crippen LogP contribution in [-0.2, 0) is 19.1 Å². The van der Waals surface area contributed by atoms with Crippen LogP contribution in [0.1, 0.15) is 33.6 Å². The number of esters is 1. The van der Waals surface area contributed by atoms with Gasteiger partial charge in [-0.25, -0.2) is 0 Å². The van der Waals surface area contributed by atoms with E-state index in [2.05, 4.69) is 5.32 Å². The van der Waals surface area contributed by atoms with Gasteiger partial charge in [-0.15, -0.1) is 0 Å². The topological polar surface area (TPSA) is 90.7 Å². The zero-order valence-electron chi connectivity index (χ0n) is 12.6. The molecule has 1 aliphatic heterocycles. The summed E-state index contributed by atoms with van der Waals surface area (Å²) in [5, 5.41) is 2.82. The maximum Gasteiger partial charge on any atom is 0.310 e. The molecule has 0 bridgehead atoms. The Balaban J connectivity index is 2.47. The van der Waals surface area contributed by atoms with E-state index in [0.29, 0.717) is 32.6 Å². The number of amides is 1. The van der Waals surface area contributed by atoms with Crippen molar-refractivity contribution in [2.24, 2.45) is 17.1 Å². The summed E-state index contributed by atoms with van der Waals surface area (Å²) in [4.78, 5) is 24.0. The Morgan fingerprint density at radius 3 is 2.40 bits per heavy atom. The van der Waals surface area contributed by atoms with E-state index in [-0.39, 0.29) is 30.4 Å². The molecule has 1 unspecified atom stereocenters. The normalized spacial score (nSPS) is 19.4. The second-order valence-corrected chi connectivity index (χ2v) is 5.69. The largest absolute Gasteiger partial charge is 0.463 e. The van der Waals surface area contributed by atoms with E-state index in [1.165, 1.54) is 0 Å². The number of hydrogen-bond donors (Lipinski definition) is 2. The van der Waals surface area contributed by atoms with Gasteiger partial charge in [0.1, 0.15) is 0 Å². The summed E-state index contributed by atoms with van der Waals surface area (Å²) >= 11 is 0. The molecule has 6 heteroatoms. The van der Waals surface area contributed by atoms with E-state index < -0.39 is 5.41 Å². The van der Waals surface area contributed by atoms with Gasteiger partial charge >= 0.3 is 5.97 Å². The fourth-order valence-electron chi connectivity index (χ4n) is 2.15. The van der Waals surface area contributed by atoms with Crippen molar-refractivity contribution in [2.45, 2.75) is 39.7 Å². The van der Waals surface area contributed by atoms with Crippen molar-refractivity contribution in [3.63, 3.8) is 0 Å². The fourth-order valence-corrected chi connectivity index (χ4v) is 2.15. The lowest BCUT2D eigenvalue weighted by Crippen LogP contribution is -2.50. The monoisotopic (exact) mass is 286 g/mol. The molecule has 0 aliphatic carbocycles. The highest BCUT2D eigenvalue weighted by Crippen LogP contribution is 2.29. The van der Waals surface area contributed by atoms with E-state index in [1.807, 2.05) is 0 Å². The smallest absolute Gasteiger partial charge is 0.310 e. The van der Waals surface area contributed by atoms with E-state index in [4.69, 9.17) is 15.2 Å². The molecule has 1 saturated heterocycles. The van der Waals surface area contributed by atoms with Crippen LogP contribution in [0.2, 0.25) is 0 Å². The first-order valence-corrected chi connectivity index (χ1v) is 7.18. The third kappa shape index (κ3) is 4.45. The molecule has 20 heavy (non-hydrogen) atoms. The van der Waals surface area contributed by atoms with E-state index in [0.717, 1.165) is 0 Å². The third-order valence-corrected chi connectivity index (χ3v) is 3.65. The minimum atomic E-state index is -0.556. The van der Waals surface area contributed by atoms with E-state index in [1.54, 1.807) is 20.8 Å². The zero-order chi connectivity index (χ0) is 15.2. The first kappa shape index (κ1) is 16.9. The van der Waals surface area contributed by atoms with Crippen LogP contribution in [0.4, 0.5) is 0 Å². The lowest BCUT2D eigenvalue weighted by molar-refractivity contribution is -0.151. The van der Waals surface area contributed by atoms with Gasteiger partial charge in [-0.2, -0.15) is 0 Å². The van der Waals surface area contributed by atoms with Crippen LogP contribution in [-0.4, -0.2) is 44.3 Å². The lowest BCUT2D eigenvalue weighted by Gasteiger charge is -2.34. The van der Waals surface area contributed by atoms with Crippen molar-refractivity contribution >= 4 is 11.9 Å². The number of carbonyl (C=O) groups is 2. The minimum Gasteiger partial charge on any atom is -0.463 e. The van der Waals surface area contributed by atoms with Gasteiger partial charge in [0.05, 0.1) is 17.4 Å². The Bertz CT molecular complexity index is 338. The zero-order valence-corrected chi connectivity index (χ0v) is 12.6. The molecule has 1 rings (SSSR count). The summed E-state index contributed by atoms with van der Waals surface area (Å²) in [6.07, 6.45) is 1.10. The molecule has 6 nitrogen and oxygen atoms in total. The molecule has 0 saturated carbocycles. The van der Waals surface area contributed by atoms with Gasteiger partial charge in [0.25, 0.3) is 0 Å². The molecule has 1 aliphatic rings. The van der Waals surface area contributed by atoms with Gasteiger partial charge in [-0.1, -0.05) is 6.92 Å². The van der Waals surface area contributed by atoms with Crippen molar-refractivity contribution in [3.8, 4) is 0 Å². The van der Waals surface area contributed by atoms with Crippen molar-refractivity contribution in [1.82, 2.24) is 5.32 Å². The molecule has 1 amide bonds. The minimum absolute atomic E-state index is 0.0903. The standard InChI is InChI=1S/C14H26N2O4/c1-10(2)20-12(17)11(3)8-16-13(18)14(9-15)4-6-19-7-5-14/h10-11H,4-9,15H2,1-3H3,(H,16,18). The molecule has 3 N–H and O–H groups in total. The number of carbonyl (C=O) groups excluding carboxylic acids is 2. The average molecular weight is 286 g/mol. The average Bonchev–Trinajstić information content (AvgIpc) is 2.44. The Morgan fingerprint density at radius 1 is 1.30 bits per heavy atom. The van der Waals surface area contributed by atoms with Crippen molar-refractivity contribution < 1.29 is 19.1 Å². The van der Waals surface area contributed by atoms with Crippen LogP contribution in [0, 0.1) is 11.3 Å². The first-order chi connectivity index (χ1) is 9.41. The Kier molecular flexibility index (Phi) is 6.42. The number of nitrogens with two attached hydrogens (primary N) is 1. The van der Waals surface area contributed by atoms with Crippen molar-refractivity contribution in [2.75, 3.05) is 26.3 Å². The highest BCUT2D eigenvalue weighted by molar-refractivity contribution is 5.83. The SMILES string of the molecule is CC(C)OC(=O)C(C)CNC(=O)C1(CN)CCOCC1. The van der Waals surface area contributed by atoms with Gasteiger partial charge in [-0.05, 0) is 26.7 Å². The summed E-state index contributed by atoms with van der Waals surface area (Å²) in [5.74, 6) is -0.752. The third-order valence-electron chi connectivity index (χ3n) is 3.65. The van der Waals surface area contributed by atoms with Crippen LogP contribution in [0.3, 0.4) is 0 Å². The van der Waals surface area contributed by atoms with E-state index in [9.17, 15) is 9.59 Å². The van der Waals surface area contributed by atoms with Crippen molar-refractivity contribution in [3.05, 3.63) is 0 Å². The van der Waals surface area contributed by atoms with Crippen LogP contribution >= 0.6 is 0 Å². The summed E-state index contributed by atoms with van der Waals surface area (Å²) in [6.45, 7) is 7.01. The molecule has 1 fully saturated rings. The van der Waals surface area contributed by atoms with Crippen molar-refractivity contribution in [1.29, 1.82) is 0 Å². The molecule has 0 aromatic carbocycles. The fraction of sp³-hybridized carbons (Fsp3) is 0.857. The predicted molar refractivity (Wildman–Crippen MR) is 74.9 cm³/mol. The van der Waals surface area contributed by atoms with Gasteiger partial charge in [0.15, 0.2) is 0 Å². The summed E-state index contributed by atoms with van der Waals surface area (Å²) in [5.41, 5.74) is 5.21. The quantitative estimate of drug-likeness (QED) is 0.692. The molecular formula is C14H26N2O4. The molecule has 0 aromatic rings. The second-order valence-electron chi connectivity index (χ2n) is 5.69. The molecule has 0 radical (unpaired) electrons. The number of nitrogens with one attached hydrogen (secondary N) is 1. The molecular weight excluding hydrogens is 260 g/mol. The first-order valence-electron chi connectivity index (χ1n) is 7.18. The van der Waals surface area contributed by atoms with Crippen LogP contribution in [0.25, 0.3) is 0 Å². The number of rotatable bonds is 6. The summed E-state index contributed by atoms with van der Waals surface area (Å²) < 4.78 is 10.4. The highest BCUT2D eigenvalue weighted by Gasteiger charge is 2.38. The van der Waals surface area contributed by atoms with Gasteiger partial charge in [0.2, 0.25) is 5.91 Å². The van der Waals surface area contributed by atoms with E-state index >= 15 is 0 Å². The molecule has 1 atom stereocenters. The molecule has 116 valence electrons. The number of hydrogen-bond acceptors (Lipinski definition) is 5. The molecule has 0 aromatic heterocycles. The second kappa shape index (κ2) is 7.59. The van der Waals surface area contributed by atoms with Crippen LogP contribution in [0.5, 0.6) is 0 Å². The van der Waals surface area contributed by atoms with Crippen LogP contribution in [0.15, 0.2) is 0 Å². The predicted octanol–water partition coefficient (Wildman–Crippen LogP) is 0.446. The maximum atomic E-state index is 12.3. The summed E-state index contributed by atoms with van der Waals surface area (Å²) in [6, 6.07) is 0. The van der Waals surface area contributed by atoms with Gasteiger partial charge < -0.3 is 20.5 Å². The lowest BCUT2D eigenvalue weighted by atomic mass is 9.79. The highest BCUT2D eigenvalue weighted by atomic mass is 16.5.